The van der Waals surface area contributed by atoms with E-state index in [1.54, 1.807) is 12.5 Å². The zero-order valence-corrected chi connectivity index (χ0v) is 14.9. The van der Waals surface area contributed by atoms with Crippen LogP contribution in [0.5, 0.6) is 0 Å². The minimum atomic E-state index is 0.863. The van der Waals surface area contributed by atoms with Crippen LogP contribution in [-0.4, -0.2) is 14.5 Å². The van der Waals surface area contributed by atoms with Crippen molar-refractivity contribution in [2.24, 2.45) is 0 Å². The first-order valence-electron chi connectivity index (χ1n) is 9.17. The van der Waals surface area contributed by atoms with Crippen LogP contribution in [0.15, 0.2) is 95.9 Å². The topological polar surface area (TPSA) is 43.9 Å². The summed E-state index contributed by atoms with van der Waals surface area (Å²) in [6.45, 7) is 0. The largest absolute Gasteiger partial charge is 0.464 e. The molecular weight excluding hydrogens is 346 g/mol. The van der Waals surface area contributed by atoms with E-state index in [1.165, 1.54) is 10.8 Å². The number of fused-ring (bicyclic) bond motifs is 4. The molecule has 0 bridgehead atoms. The maximum atomic E-state index is 5.63. The van der Waals surface area contributed by atoms with Gasteiger partial charge < -0.3 is 8.98 Å². The molecule has 0 saturated heterocycles. The van der Waals surface area contributed by atoms with Crippen molar-refractivity contribution < 1.29 is 4.42 Å². The molecular formula is C24H15N3O. The molecule has 4 heteroatoms. The minimum Gasteiger partial charge on any atom is -0.464 e. The Bertz CT molecular complexity index is 1440. The van der Waals surface area contributed by atoms with Crippen molar-refractivity contribution in [3.05, 3.63) is 91.5 Å². The molecule has 0 saturated carbocycles. The molecule has 0 fully saturated rings. The van der Waals surface area contributed by atoms with Crippen LogP contribution >= 0.6 is 0 Å². The van der Waals surface area contributed by atoms with Gasteiger partial charge in [-0.25, -0.2) is 0 Å². The average molecular weight is 361 g/mol. The Morgan fingerprint density at radius 1 is 0.714 bits per heavy atom. The molecule has 4 heterocycles. The first-order valence-corrected chi connectivity index (χ1v) is 9.17. The smallest absolute Gasteiger partial charge is 0.134 e. The van der Waals surface area contributed by atoms with Crippen LogP contribution < -0.4 is 0 Å². The third-order valence-electron chi connectivity index (χ3n) is 5.18. The van der Waals surface area contributed by atoms with Crippen LogP contribution in [-0.2, 0) is 0 Å². The lowest BCUT2D eigenvalue weighted by Crippen LogP contribution is -1.95. The van der Waals surface area contributed by atoms with Crippen LogP contribution in [0.4, 0.5) is 0 Å². The highest BCUT2D eigenvalue weighted by Crippen LogP contribution is 2.35. The number of para-hydroxylation sites is 1. The van der Waals surface area contributed by atoms with Crippen molar-refractivity contribution >= 4 is 32.8 Å². The molecule has 0 radical (unpaired) electrons. The Labute approximate surface area is 160 Å². The SMILES string of the molecule is c1ccc(-c2ccc(-n3c4ccccc4c4cc5occc5cc43)cn2)nc1. The number of hydrogen-bond donors (Lipinski definition) is 0. The average Bonchev–Trinajstić information content (AvgIpc) is 3.35. The van der Waals surface area contributed by atoms with Gasteiger partial charge in [0, 0.05) is 22.4 Å². The maximum absolute atomic E-state index is 5.63. The standard InChI is InChI=1S/C24H15N3O/c1-2-7-22-18(5-1)19-14-24-16(10-12-28-24)13-23(19)27(22)17-8-9-21(26-15-17)20-6-3-4-11-25-20/h1-15H. The highest BCUT2D eigenvalue weighted by molar-refractivity contribution is 6.12. The van der Waals surface area contributed by atoms with E-state index in [0.29, 0.717) is 0 Å². The van der Waals surface area contributed by atoms with E-state index in [9.17, 15) is 0 Å². The van der Waals surface area contributed by atoms with Crippen LogP contribution in [0.25, 0.3) is 49.9 Å². The second-order valence-corrected chi connectivity index (χ2v) is 6.80. The van der Waals surface area contributed by atoms with E-state index in [0.717, 1.165) is 39.1 Å². The molecule has 0 N–H and O–H groups in total. The van der Waals surface area contributed by atoms with E-state index in [1.807, 2.05) is 36.5 Å². The molecule has 0 aliphatic carbocycles. The number of nitrogens with zero attached hydrogens (tertiary/aromatic N) is 3. The van der Waals surface area contributed by atoms with E-state index < -0.39 is 0 Å². The molecule has 6 aromatic rings. The summed E-state index contributed by atoms with van der Waals surface area (Å²) in [5.41, 5.74) is 5.95. The molecule has 6 rings (SSSR count). The first kappa shape index (κ1) is 15.2. The molecule has 4 aromatic heterocycles. The summed E-state index contributed by atoms with van der Waals surface area (Å²) in [5.74, 6) is 0. The Hall–Kier alpha value is -3.92. The number of aromatic nitrogens is 3. The number of rotatable bonds is 2. The predicted molar refractivity (Wildman–Crippen MR) is 112 cm³/mol. The number of hydrogen-bond acceptors (Lipinski definition) is 3. The van der Waals surface area contributed by atoms with Gasteiger partial charge in [-0.15, -0.1) is 0 Å². The fourth-order valence-electron chi connectivity index (χ4n) is 3.89. The second kappa shape index (κ2) is 5.79. The lowest BCUT2D eigenvalue weighted by molar-refractivity contribution is 0.616. The zero-order valence-electron chi connectivity index (χ0n) is 14.9. The van der Waals surface area contributed by atoms with Crippen molar-refractivity contribution in [2.75, 3.05) is 0 Å². The van der Waals surface area contributed by atoms with E-state index >= 15 is 0 Å². The lowest BCUT2D eigenvalue weighted by atomic mass is 10.1. The number of pyridine rings is 2. The van der Waals surface area contributed by atoms with Crippen molar-refractivity contribution in [3.8, 4) is 17.1 Å². The summed E-state index contributed by atoms with van der Waals surface area (Å²) in [7, 11) is 0. The first-order chi connectivity index (χ1) is 13.9. The van der Waals surface area contributed by atoms with Gasteiger partial charge in [-0.1, -0.05) is 24.3 Å². The molecule has 132 valence electrons. The van der Waals surface area contributed by atoms with Gasteiger partial charge in [0.2, 0.25) is 0 Å². The molecule has 4 nitrogen and oxygen atoms in total. The van der Waals surface area contributed by atoms with E-state index in [-0.39, 0.29) is 0 Å². The van der Waals surface area contributed by atoms with Crippen molar-refractivity contribution in [1.82, 2.24) is 14.5 Å². The molecule has 0 spiro atoms. The van der Waals surface area contributed by atoms with Crippen LogP contribution in [0, 0.1) is 0 Å². The quantitative estimate of drug-likeness (QED) is 0.381. The zero-order chi connectivity index (χ0) is 18.5. The second-order valence-electron chi connectivity index (χ2n) is 6.80. The van der Waals surface area contributed by atoms with Crippen LogP contribution in [0.2, 0.25) is 0 Å². The Morgan fingerprint density at radius 2 is 1.61 bits per heavy atom. The fourth-order valence-corrected chi connectivity index (χ4v) is 3.89. The normalized spacial score (nSPS) is 11.6. The van der Waals surface area contributed by atoms with Crippen molar-refractivity contribution in [2.45, 2.75) is 0 Å². The summed E-state index contributed by atoms with van der Waals surface area (Å²) in [5, 5.41) is 3.46. The van der Waals surface area contributed by atoms with Gasteiger partial charge >= 0.3 is 0 Å². The molecule has 0 aliphatic rings. The lowest BCUT2D eigenvalue weighted by Gasteiger charge is -2.08. The summed E-state index contributed by atoms with van der Waals surface area (Å²) in [4.78, 5) is 9.06. The highest BCUT2D eigenvalue weighted by Gasteiger charge is 2.14. The molecule has 0 aliphatic heterocycles. The van der Waals surface area contributed by atoms with Gasteiger partial charge in [0.15, 0.2) is 0 Å². The van der Waals surface area contributed by atoms with E-state index in [2.05, 4.69) is 57.0 Å². The van der Waals surface area contributed by atoms with Gasteiger partial charge in [0.05, 0.1) is 40.6 Å². The monoisotopic (exact) mass is 361 g/mol. The Kier molecular flexibility index (Phi) is 3.14. The van der Waals surface area contributed by atoms with Gasteiger partial charge in [-0.2, -0.15) is 0 Å². The summed E-state index contributed by atoms with van der Waals surface area (Å²) < 4.78 is 7.88. The number of benzene rings is 2. The summed E-state index contributed by atoms with van der Waals surface area (Å²) in [6.07, 6.45) is 5.43. The molecule has 0 unspecified atom stereocenters. The highest BCUT2D eigenvalue weighted by atomic mass is 16.3. The van der Waals surface area contributed by atoms with Gasteiger partial charge in [-0.3, -0.25) is 9.97 Å². The Balaban J connectivity index is 1.62. The summed E-state index contributed by atoms with van der Waals surface area (Å²) >= 11 is 0. The maximum Gasteiger partial charge on any atom is 0.134 e. The molecule has 2 aromatic carbocycles. The Morgan fingerprint density at radius 3 is 2.46 bits per heavy atom. The fraction of sp³-hybridized carbons (Fsp3) is 0. The number of furan rings is 1. The molecule has 28 heavy (non-hydrogen) atoms. The van der Waals surface area contributed by atoms with Crippen LogP contribution in [0.3, 0.4) is 0 Å². The predicted octanol–water partition coefficient (Wildman–Crippen LogP) is 5.99. The molecule has 0 amide bonds. The van der Waals surface area contributed by atoms with Crippen molar-refractivity contribution in [1.29, 1.82) is 0 Å². The van der Waals surface area contributed by atoms with Gasteiger partial charge in [-0.05, 0) is 48.5 Å². The third kappa shape index (κ3) is 2.18. The van der Waals surface area contributed by atoms with Crippen LogP contribution in [0.1, 0.15) is 0 Å². The van der Waals surface area contributed by atoms with Gasteiger partial charge in [0.25, 0.3) is 0 Å². The van der Waals surface area contributed by atoms with Crippen molar-refractivity contribution in [3.63, 3.8) is 0 Å². The molecule has 0 atom stereocenters. The summed E-state index contributed by atoms with van der Waals surface area (Å²) in [6, 6.07) is 24.7. The van der Waals surface area contributed by atoms with Gasteiger partial charge in [0.1, 0.15) is 5.58 Å². The third-order valence-corrected chi connectivity index (χ3v) is 5.18. The minimum absolute atomic E-state index is 0.863. The van der Waals surface area contributed by atoms with E-state index in [4.69, 9.17) is 4.42 Å².